The van der Waals surface area contributed by atoms with Crippen LogP contribution in [0.2, 0.25) is 0 Å². The molecule has 0 rings (SSSR count). The van der Waals surface area contributed by atoms with Crippen LogP contribution in [0, 0.1) is 11.8 Å². The van der Waals surface area contributed by atoms with E-state index in [1.807, 2.05) is 0 Å². The molecule has 0 saturated heterocycles. The van der Waals surface area contributed by atoms with Crippen molar-refractivity contribution in [2.24, 2.45) is 11.8 Å². The van der Waals surface area contributed by atoms with E-state index < -0.39 is 23.1 Å². The van der Waals surface area contributed by atoms with Gasteiger partial charge in [-0.1, -0.05) is 34.1 Å². The predicted molar refractivity (Wildman–Crippen MR) is 70.4 cm³/mol. The van der Waals surface area contributed by atoms with Crippen molar-refractivity contribution >= 4 is 11.6 Å². The maximum Gasteiger partial charge on any atom is 0.289 e. The summed E-state index contributed by atoms with van der Waals surface area (Å²) in [5.74, 6) is -1.98. The molecular weight excluding hydrogens is 232 g/mol. The third-order valence-corrected chi connectivity index (χ3v) is 2.85. The van der Waals surface area contributed by atoms with Gasteiger partial charge >= 0.3 is 0 Å². The van der Waals surface area contributed by atoms with E-state index >= 15 is 0 Å². The molecule has 0 aliphatic heterocycles. The topological polar surface area (TPSA) is 74.6 Å². The van der Waals surface area contributed by atoms with Crippen LogP contribution >= 0.6 is 0 Å². The first-order valence-corrected chi connectivity index (χ1v) is 6.50. The number of ketones is 2. The fourth-order valence-corrected chi connectivity index (χ4v) is 1.69. The highest BCUT2D eigenvalue weighted by atomic mass is 16.5. The van der Waals surface area contributed by atoms with Gasteiger partial charge in [-0.05, 0) is 18.8 Å². The lowest BCUT2D eigenvalue weighted by atomic mass is 9.90. The van der Waals surface area contributed by atoms with E-state index in [4.69, 9.17) is 10.2 Å². The van der Waals surface area contributed by atoms with E-state index in [1.165, 1.54) is 0 Å². The van der Waals surface area contributed by atoms with Gasteiger partial charge in [-0.15, -0.1) is 0 Å². The molecule has 0 radical (unpaired) electrons. The quantitative estimate of drug-likeness (QED) is 0.302. The number of Topliss-reactive ketones (excluding diaryl/α,β-unsaturated/α-hetero) is 2. The number of aliphatic hydroxyl groups is 2. The van der Waals surface area contributed by atoms with Crippen LogP contribution in [0.1, 0.15) is 53.4 Å². The number of allylic oxidation sites excluding steroid dienone is 1. The molecule has 0 aromatic rings. The Kier molecular flexibility index (Phi) is 7.32. The highest BCUT2D eigenvalue weighted by molar-refractivity contribution is 6.20. The molecule has 2 N–H and O–H groups in total. The molecule has 0 aliphatic carbocycles. The van der Waals surface area contributed by atoms with Crippen molar-refractivity contribution in [1.82, 2.24) is 0 Å². The zero-order chi connectivity index (χ0) is 14.3. The van der Waals surface area contributed by atoms with Crippen molar-refractivity contribution in [3.05, 3.63) is 11.5 Å². The molecule has 0 amide bonds. The Balaban J connectivity index is 4.79. The van der Waals surface area contributed by atoms with Gasteiger partial charge in [-0.2, -0.15) is 0 Å². The maximum atomic E-state index is 12.0. The number of carbonyl (C=O) groups excluding carboxylic acids is 2. The summed E-state index contributed by atoms with van der Waals surface area (Å²) in [4.78, 5) is 23.7. The van der Waals surface area contributed by atoms with Gasteiger partial charge < -0.3 is 10.2 Å². The first-order chi connectivity index (χ1) is 8.31. The minimum atomic E-state index is -1.14. The Hall–Kier alpha value is -1.32. The molecule has 1 atom stereocenters. The second kappa shape index (κ2) is 7.90. The minimum Gasteiger partial charge on any atom is -0.480 e. The Morgan fingerprint density at radius 1 is 1.06 bits per heavy atom. The van der Waals surface area contributed by atoms with E-state index in [-0.39, 0.29) is 12.3 Å². The Morgan fingerprint density at radius 3 is 2.00 bits per heavy atom. The van der Waals surface area contributed by atoms with Gasteiger partial charge in [-0.3, -0.25) is 9.59 Å². The van der Waals surface area contributed by atoms with Crippen molar-refractivity contribution in [1.29, 1.82) is 0 Å². The summed E-state index contributed by atoms with van der Waals surface area (Å²) in [6.07, 6.45) is 2.24. The summed E-state index contributed by atoms with van der Waals surface area (Å²) in [7, 11) is 0. The number of hydrogen-bond donors (Lipinski definition) is 2. The van der Waals surface area contributed by atoms with E-state index in [2.05, 4.69) is 13.8 Å². The maximum absolute atomic E-state index is 12.0. The van der Waals surface area contributed by atoms with Crippen LogP contribution in [0.25, 0.3) is 0 Å². The zero-order valence-corrected chi connectivity index (χ0v) is 11.7. The molecule has 0 fully saturated rings. The molecule has 0 aromatic carbocycles. The Morgan fingerprint density at radius 2 is 1.61 bits per heavy atom. The predicted octanol–water partition coefficient (Wildman–Crippen LogP) is 3.32. The molecule has 0 aromatic heterocycles. The van der Waals surface area contributed by atoms with Crippen molar-refractivity contribution in [2.75, 3.05) is 0 Å². The smallest absolute Gasteiger partial charge is 0.289 e. The molecule has 4 nitrogen and oxygen atoms in total. The first-order valence-electron chi connectivity index (χ1n) is 6.50. The van der Waals surface area contributed by atoms with Crippen molar-refractivity contribution in [3.8, 4) is 0 Å². The number of carbonyl (C=O) groups is 2. The van der Waals surface area contributed by atoms with Crippen LogP contribution in [-0.4, -0.2) is 21.8 Å². The Bertz CT molecular complexity index is 325. The minimum absolute atomic E-state index is 0.155. The lowest BCUT2D eigenvalue weighted by Crippen LogP contribution is -2.22. The molecule has 18 heavy (non-hydrogen) atoms. The largest absolute Gasteiger partial charge is 0.480 e. The number of rotatable bonds is 8. The first kappa shape index (κ1) is 16.7. The molecule has 4 heteroatoms. The summed E-state index contributed by atoms with van der Waals surface area (Å²) in [5.41, 5.74) is -0.437. The third kappa shape index (κ3) is 5.34. The van der Waals surface area contributed by atoms with Crippen LogP contribution in [0.4, 0.5) is 0 Å². The molecule has 0 spiro atoms. The lowest BCUT2D eigenvalue weighted by molar-refractivity contribution is -0.124. The summed E-state index contributed by atoms with van der Waals surface area (Å²) >= 11 is 0. The van der Waals surface area contributed by atoms with Gasteiger partial charge in [0.05, 0.1) is 0 Å². The molecule has 0 heterocycles. The van der Waals surface area contributed by atoms with Crippen molar-refractivity contribution < 1.29 is 19.8 Å². The summed E-state index contributed by atoms with van der Waals surface area (Å²) < 4.78 is 0. The van der Waals surface area contributed by atoms with Gasteiger partial charge in [0, 0.05) is 12.3 Å². The molecular formula is C14H24O4. The highest BCUT2D eigenvalue weighted by Crippen LogP contribution is 2.19. The average Bonchev–Trinajstić information content (AvgIpc) is 2.25. The normalized spacial score (nSPS) is 12.3. The van der Waals surface area contributed by atoms with Crippen LogP contribution < -0.4 is 0 Å². The third-order valence-electron chi connectivity index (χ3n) is 2.85. The van der Waals surface area contributed by atoms with E-state index in [9.17, 15) is 9.59 Å². The van der Waals surface area contributed by atoms with E-state index in [0.717, 1.165) is 6.42 Å². The number of aliphatic hydroxyl groups excluding tert-OH is 1. The zero-order valence-electron chi connectivity index (χ0n) is 11.7. The van der Waals surface area contributed by atoms with Gasteiger partial charge in [-0.25, -0.2) is 0 Å². The second-order valence-electron chi connectivity index (χ2n) is 5.11. The van der Waals surface area contributed by atoms with Gasteiger partial charge in [0.1, 0.15) is 5.57 Å². The molecule has 0 bridgehead atoms. The fourth-order valence-electron chi connectivity index (χ4n) is 1.69. The monoisotopic (exact) mass is 256 g/mol. The van der Waals surface area contributed by atoms with Crippen LogP contribution in [0.15, 0.2) is 11.5 Å². The summed E-state index contributed by atoms with van der Waals surface area (Å²) in [6, 6.07) is 0. The standard InChI is InChI=1S/C14H24O4/c1-5-6-11(15)12(14(17)18)13(16)10(4)8-7-9(2)3/h9-10,17-18H,5-8H2,1-4H3/t10-/m0/s1. The van der Waals surface area contributed by atoms with Gasteiger partial charge in [0.25, 0.3) is 5.95 Å². The average molecular weight is 256 g/mol. The molecule has 104 valence electrons. The van der Waals surface area contributed by atoms with Gasteiger partial charge in [0.2, 0.25) is 0 Å². The fraction of sp³-hybridized carbons (Fsp3) is 0.714. The van der Waals surface area contributed by atoms with Crippen LogP contribution in [-0.2, 0) is 9.59 Å². The van der Waals surface area contributed by atoms with Crippen molar-refractivity contribution in [3.63, 3.8) is 0 Å². The van der Waals surface area contributed by atoms with Crippen LogP contribution in [0.3, 0.4) is 0 Å². The summed E-state index contributed by atoms with van der Waals surface area (Å²) in [5, 5.41) is 18.2. The molecule has 0 saturated carbocycles. The SMILES string of the molecule is CCCC(=O)C(C(=O)[C@@H](C)CCC(C)C)=C(O)O. The highest BCUT2D eigenvalue weighted by Gasteiger charge is 2.27. The lowest BCUT2D eigenvalue weighted by Gasteiger charge is -2.13. The number of hydrogen-bond acceptors (Lipinski definition) is 4. The van der Waals surface area contributed by atoms with E-state index in [1.54, 1.807) is 13.8 Å². The Labute approximate surface area is 109 Å². The second-order valence-corrected chi connectivity index (χ2v) is 5.11. The molecule has 0 unspecified atom stereocenters. The molecule has 0 aliphatic rings. The summed E-state index contributed by atoms with van der Waals surface area (Å²) in [6.45, 7) is 7.63. The van der Waals surface area contributed by atoms with Crippen molar-refractivity contribution in [2.45, 2.75) is 53.4 Å². The van der Waals surface area contributed by atoms with E-state index in [0.29, 0.717) is 18.8 Å². The van der Waals surface area contributed by atoms with Crippen LogP contribution in [0.5, 0.6) is 0 Å². The van der Waals surface area contributed by atoms with Gasteiger partial charge in [0.15, 0.2) is 11.6 Å².